The third kappa shape index (κ3) is 3.97. The van der Waals surface area contributed by atoms with E-state index in [1.165, 1.54) is 0 Å². The van der Waals surface area contributed by atoms with Gasteiger partial charge in [-0.05, 0) is 49.6 Å². The minimum absolute atomic E-state index is 0.0240. The van der Waals surface area contributed by atoms with Gasteiger partial charge in [-0.2, -0.15) is 0 Å². The van der Waals surface area contributed by atoms with Gasteiger partial charge in [0.05, 0.1) is 5.69 Å². The number of rotatable bonds is 5. The number of pyridine rings is 1. The Morgan fingerprint density at radius 2 is 1.93 bits per heavy atom. The van der Waals surface area contributed by atoms with E-state index >= 15 is 0 Å². The van der Waals surface area contributed by atoms with Crippen molar-refractivity contribution >= 4 is 11.9 Å². The van der Waals surface area contributed by atoms with Crippen molar-refractivity contribution in [3.8, 4) is 11.3 Å². The number of nitrogens with zero attached hydrogens (tertiary/aromatic N) is 4. The summed E-state index contributed by atoms with van der Waals surface area (Å²) in [5, 5.41) is 6.53. The van der Waals surface area contributed by atoms with Gasteiger partial charge in [-0.15, -0.1) is 0 Å². The maximum absolute atomic E-state index is 12.4. The number of aromatic nitrogens is 4. The molecule has 1 aliphatic carbocycles. The van der Waals surface area contributed by atoms with Crippen molar-refractivity contribution < 1.29 is 4.79 Å². The van der Waals surface area contributed by atoms with Crippen molar-refractivity contribution in [3.63, 3.8) is 0 Å². The molecule has 1 amide bonds. The standard InChI is InChI=1S/C20H22N6O/c1-26-12-2-3-18(26)19(27)23-15-4-5-16(13-15)24-20-22-11-8-17(25-20)14-6-9-21-10-7-14/h2-3,6-12,15-16H,4-5,13H2,1H3,(H,23,27)(H,22,24,25)/t15-,16-/m0/s1. The summed E-state index contributed by atoms with van der Waals surface area (Å²) >= 11 is 0. The molecule has 138 valence electrons. The van der Waals surface area contributed by atoms with Crippen LogP contribution in [0.4, 0.5) is 5.95 Å². The van der Waals surface area contributed by atoms with Crippen molar-refractivity contribution in [1.82, 2.24) is 24.8 Å². The van der Waals surface area contributed by atoms with Crippen LogP contribution >= 0.6 is 0 Å². The number of hydrogen-bond acceptors (Lipinski definition) is 5. The molecular formula is C20H22N6O. The van der Waals surface area contributed by atoms with Gasteiger partial charge in [0.15, 0.2) is 0 Å². The second-order valence-corrected chi connectivity index (χ2v) is 6.83. The smallest absolute Gasteiger partial charge is 0.268 e. The molecule has 0 bridgehead atoms. The van der Waals surface area contributed by atoms with E-state index in [-0.39, 0.29) is 18.0 Å². The zero-order valence-electron chi connectivity index (χ0n) is 15.2. The minimum Gasteiger partial charge on any atom is -0.351 e. The minimum atomic E-state index is -0.0240. The second kappa shape index (κ2) is 7.57. The van der Waals surface area contributed by atoms with E-state index in [0.717, 1.165) is 30.5 Å². The number of carbonyl (C=O) groups is 1. The first-order chi connectivity index (χ1) is 13.2. The quantitative estimate of drug-likeness (QED) is 0.729. The maximum Gasteiger partial charge on any atom is 0.268 e. The fourth-order valence-electron chi connectivity index (χ4n) is 3.49. The zero-order chi connectivity index (χ0) is 18.6. The molecular weight excluding hydrogens is 340 g/mol. The van der Waals surface area contributed by atoms with Gasteiger partial charge in [-0.25, -0.2) is 9.97 Å². The van der Waals surface area contributed by atoms with E-state index in [9.17, 15) is 4.79 Å². The summed E-state index contributed by atoms with van der Waals surface area (Å²) in [5.41, 5.74) is 2.55. The highest BCUT2D eigenvalue weighted by atomic mass is 16.2. The van der Waals surface area contributed by atoms with Crippen LogP contribution in [0.2, 0.25) is 0 Å². The molecule has 0 aliphatic heterocycles. The van der Waals surface area contributed by atoms with E-state index < -0.39 is 0 Å². The molecule has 0 radical (unpaired) electrons. The summed E-state index contributed by atoms with van der Waals surface area (Å²) in [5.74, 6) is 0.591. The van der Waals surface area contributed by atoms with Crippen molar-refractivity contribution in [3.05, 3.63) is 60.8 Å². The van der Waals surface area contributed by atoms with Crippen LogP contribution in [0.15, 0.2) is 55.1 Å². The highest BCUT2D eigenvalue weighted by molar-refractivity contribution is 5.92. The van der Waals surface area contributed by atoms with Gasteiger partial charge >= 0.3 is 0 Å². The normalized spacial score (nSPS) is 19.0. The zero-order valence-corrected chi connectivity index (χ0v) is 15.2. The average molecular weight is 362 g/mol. The van der Waals surface area contributed by atoms with E-state index in [2.05, 4.69) is 25.6 Å². The number of amides is 1. The Kier molecular flexibility index (Phi) is 4.82. The van der Waals surface area contributed by atoms with Crippen LogP contribution in [0.1, 0.15) is 29.8 Å². The predicted octanol–water partition coefficient (Wildman–Crippen LogP) is 2.64. The Hall–Kier alpha value is -3.22. The number of hydrogen-bond donors (Lipinski definition) is 2. The van der Waals surface area contributed by atoms with Crippen LogP contribution in [0.25, 0.3) is 11.3 Å². The summed E-state index contributed by atoms with van der Waals surface area (Å²) in [6, 6.07) is 9.86. The van der Waals surface area contributed by atoms with E-state index in [1.54, 1.807) is 18.6 Å². The van der Waals surface area contributed by atoms with Gasteiger partial charge in [0.1, 0.15) is 5.69 Å². The van der Waals surface area contributed by atoms with Crippen LogP contribution < -0.4 is 10.6 Å². The lowest BCUT2D eigenvalue weighted by molar-refractivity contribution is 0.0929. The van der Waals surface area contributed by atoms with Gasteiger partial charge in [0.25, 0.3) is 5.91 Å². The molecule has 1 fully saturated rings. The largest absolute Gasteiger partial charge is 0.351 e. The monoisotopic (exact) mass is 362 g/mol. The first-order valence-corrected chi connectivity index (χ1v) is 9.11. The fraction of sp³-hybridized carbons (Fsp3) is 0.300. The molecule has 0 unspecified atom stereocenters. The number of anilines is 1. The molecule has 27 heavy (non-hydrogen) atoms. The molecule has 0 saturated heterocycles. The molecule has 1 saturated carbocycles. The highest BCUT2D eigenvalue weighted by Gasteiger charge is 2.27. The Morgan fingerprint density at radius 3 is 2.70 bits per heavy atom. The predicted molar refractivity (Wildman–Crippen MR) is 103 cm³/mol. The first kappa shape index (κ1) is 17.2. The highest BCUT2D eigenvalue weighted by Crippen LogP contribution is 2.23. The van der Waals surface area contributed by atoms with E-state index in [0.29, 0.717) is 11.6 Å². The Balaban J connectivity index is 1.36. The SMILES string of the molecule is Cn1cccc1C(=O)N[C@H]1CC[C@H](Nc2nccc(-c3ccncc3)n2)C1. The van der Waals surface area contributed by atoms with Crippen molar-refractivity contribution in [2.45, 2.75) is 31.3 Å². The Bertz CT molecular complexity index is 923. The van der Waals surface area contributed by atoms with Gasteiger partial charge in [-0.3, -0.25) is 9.78 Å². The fourth-order valence-corrected chi connectivity index (χ4v) is 3.49. The van der Waals surface area contributed by atoms with E-state index in [1.807, 2.05) is 48.1 Å². The molecule has 7 nitrogen and oxygen atoms in total. The lowest BCUT2D eigenvalue weighted by Crippen LogP contribution is -2.34. The van der Waals surface area contributed by atoms with E-state index in [4.69, 9.17) is 0 Å². The molecule has 3 aromatic rings. The maximum atomic E-state index is 12.4. The lowest BCUT2D eigenvalue weighted by Gasteiger charge is -2.15. The number of aryl methyl sites for hydroxylation is 1. The third-order valence-electron chi connectivity index (χ3n) is 4.91. The molecule has 4 rings (SSSR count). The van der Waals surface area contributed by atoms with Gasteiger partial charge in [-0.1, -0.05) is 0 Å². The van der Waals surface area contributed by atoms with Gasteiger partial charge in [0.2, 0.25) is 5.95 Å². The average Bonchev–Trinajstić information content (AvgIpc) is 3.31. The van der Waals surface area contributed by atoms with Crippen LogP contribution in [0, 0.1) is 0 Å². The molecule has 0 spiro atoms. The number of nitrogens with one attached hydrogen (secondary N) is 2. The molecule has 2 atom stereocenters. The molecule has 0 aromatic carbocycles. The van der Waals surface area contributed by atoms with Crippen molar-refractivity contribution in [2.75, 3.05) is 5.32 Å². The summed E-state index contributed by atoms with van der Waals surface area (Å²) in [4.78, 5) is 25.3. The second-order valence-electron chi connectivity index (χ2n) is 6.83. The van der Waals surface area contributed by atoms with Crippen LogP contribution in [0.5, 0.6) is 0 Å². The van der Waals surface area contributed by atoms with Crippen LogP contribution in [-0.4, -0.2) is 37.5 Å². The summed E-state index contributed by atoms with van der Waals surface area (Å²) in [6.07, 6.45) is 9.91. The molecule has 2 N–H and O–H groups in total. The number of carbonyl (C=O) groups excluding carboxylic acids is 1. The van der Waals surface area contributed by atoms with Crippen molar-refractivity contribution in [2.24, 2.45) is 7.05 Å². The Morgan fingerprint density at radius 1 is 1.11 bits per heavy atom. The molecule has 3 heterocycles. The molecule has 1 aliphatic rings. The van der Waals surface area contributed by atoms with Crippen LogP contribution in [-0.2, 0) is 7.05 Å². The topological polar surface area (TPSA) is 84.7 Å². The third-order valence-corrected chi connectivity index (χ3v) is 4.91. The van der Waals surface area contributed by atoms with Gasteiger partial charge in [0, 0.05) is 49.5 Å². The van der Waals surface area contributed by atoms with Gasteiger partial charge < -0.3 is 15.2 Å². The first-order valence-electron chi connectivity index (χ1n) is 9.11. The lowest BCUT2D eigenvalue weighted by atomic mass is 10.2. The summed E-state index contributed by atoms with van der Waals surface area (Å²) < 4.78 is 1.83. The van der Waals surface area contributed by atoms with Crippen LogP contribution in [0.3, 0.4) is 0 Å². The Labute approximate surface area is 157 Å². The molecule has 7 heteroatoms. The summed E-state index contributed by atoms with van der Waals surface area (Å²) in [7, 11) is 1.88. The molecule has 3 aromatic heterocycles. The summed E-state index contributed by atoms with van der Waals surface area (Å²) in [6.45, 7) is 0. The van der Waals surface area contributed by atoms with Crippen molar-refractivity contribution in [1.29, 1.82) is 0 Å².